The van der Waals surface area contributed by atoms with Crippen molar-refractivity contribution in [2.45, 2.75) is 0 Å². The van der Waals surface area contributed by atoms with E-state index >= 15 is 0 Å². The van der Waals surface area contributed by atoms with Crippen LogP contribution in [0.3, 0.4) is 0 Å². The number of nitrogens with zero attached hydrogens (tertiary/aromatic N) is 1. The maximum Gasteiger partial charge on any atom is 0.323 e. The summed E-state index contributed by atoms with van der Waals surface area (Å²) >= 11 is 0. The maximum atomic E-state index is 11.7. The van der Waals surface area contributed by atoms with Crippen molar-refractivity contribution in [1.29, 1.82) is 0 Å². The quantitative estimate of drug-likeness (QED) is 0.566. The number of para-hydroxylation sites is 1. The number of hydrogen-bond donors (Lipinski definition) is 3. The van der Waals surface area contributed by atoms with E-state index in [-0.39, 0.29) is 13.2 Å². The van der Waals surface area contributed by atoms with Gasteiger partial charge in [0, 0.05) is 0 Å². The normalized spacial score (nSPS) is 9.71. The molecule has 0 fully saturated rings. The number of nitrogens with one attached hydrogen (secondary N) is 1. The van der Waals surface area contributed by atoms with Crippen molar-refractivity contribution in [2.24, 2.45) is 5.73 Å². The van der Waals surface area contributed by atoms with Crippen LogP contribution in [-0.4, -0.2) is 54.2 Å². The third kappa shape index (κ3) is 6.81. The fourth-order valence-electron chi connectivity index (χ4n) is 1.51. The molecule has 1 aromatic carbocycles. The molecule has 0 bridgehead atoms. The predicted octanol–water partition coefficient (Wildman–Crippen LogP) is -0.353. The van der Waals surface area contributed by atoms with Gasteiger partial charge in [0.1, 0.15) is 25.4 Å². The van der Waals surface area contributed by atoms with Crippen molar-refractivity contribution < 1.29 is 24.2 Å². The molecule has 1 aromatic rings. The summed E-state index contributed by atoms with van der Waals surface area (Å²) in [6, 6.07) is 8.33. The number of ether oxygens (including phenoxy) is 1. The topological polar surface area (TPSA) is 122 Å². The minimum atomic E-state index is -1.23. The average Bonchev–Trinajstić information content (AvgIpc) is 2.43. The highest BCUT2D eigenvalue weighted by Gasteiger charge is 2.18. The lowest BCUT2D eigenvalue weighted by Gasteiger charge is -2.19. The van der Waals surface area contributed by atoms with Gasteiger partial charge in [-0.05, 0) is 12.1 Å². The van der Waals surface area contributed by atoms with Gasteiger partial charge < -0.3 is 25.8 Å². The number of carbonyl (C=O) groups excluding carboxylic acids is 2. The highest BCUT2D eigenvalue weighted by Crippen LogP contribution is 2.07. The van der Waals surface area contributed by atoms with E-state index in [0.29, 0.717) is 5.75 Å². The summed E-state index contributed by atoms with van der Waals surface area (Å²) in [7, 11) is 0. The summed E-state index contributed by atoms with van der Waals surface area (Å²) in [6.07, 6.45) is 0. The lowest BCUT2D eigenvalue weighted by atomic mass is 10.3. The number of amides is 3. The third-order valence-electron chi connectivity index (χ3n) is 2.35. The van der Waals surface area contributed by atoms with Gasteiger partial charge in [0.15, 0.2) is 0 Å². The van der Waals surface area contributed by atoms with Crippen molar-refractivity contribution in [2.75, 3.05) is 26.2 Å². The molecule has 0 radical (unpaired) electrons. The molecule has 3 amide bonds. The fourth-order valence-corrected chi connectivity index (χ4v) is 1.51. The number of carboxylic acids is 1. The van der Waals surface area contributed by atoms with E-state index in [1.807, 2.05) is 18.2 Å². The molecular weight excluding hydrogens is 278 g/mol. The van der Waals surface area contributed by atoms with Gasteiger partial charge in [-0.15, -0.1) is 0 Å². The zero-order valence-electron chi connectivity index (χ0n) is 11.3. The molecule has 0 unspecified atom stereocenters. The largest absolute Gasteiger partial charge is 0.492 e. The van der Waals surface area contributed by atoms with Crippen LogP contribution >= 0.6 is 0 Å². The van der Waals surface area contributed by atoms with E-state index in [0.717, 1.165) is 4.90 Å². The fraction of sp³-hybridized carbons (Fsp3) is 0.308. The van der Waals surface area contributed by atoms with Crippen molar-refractivity contribution >= 4 is 17.9 Å². The molecule has 0 aliphatic carbocycles. The Balaban J connectivity index is 2.35. The minimum absolute atomic E-state index is 0.169. The predicted molar refractivity (Wildman–Crippen MR) is 73.7 cm³/mol. The van der Waals surface area contributed by atoms with Gasteiger partial charge in [0.25, 0.3) is 0 Å². The number of nitrogens with two attached hydrogens (primary N) is 1. The van der Waals surface area contributed by atoms with Crippen LogP contribution in [0.5, 0.6) is 5.75 Å². The molecule has 1 rings (SSSR count). The second-order valence-corrected chi connectivity index (χ2v) is 4.11. The maximum absolute atomic E-state index is 11.7. The number of carboxylic acid groups (broad SMARTS) is 1. The molecule has 114 valence electrons. The van der Waals surface area contributed by atoms with Gasteiger partial charge >= 0.3 is 12.0 Å². The van der Waals surface area contributed by atoms with Gasteiger partial charge in [-0.25, -0.2) is 4.79 Å². The van der Waals surface area contributed by atoms with Crippen LogP contribution in [0, 0.1) is 0 Å². The van der Waals surface area contributed by atoms with Crippen LogP contribution in [0.2, 0.25) is 0 Å². The van der Waals surface area contributed by atoms with Crippen molar-refractivity contribution in [1.82, 2.24) is 10.2 Å². The number of urea groups is 1. The summed E-state index contributed by atoms with van der Waals surface area (Å²) in [5.74, 6) is -1.36. The second kappa shape index (κ2) is 8.41. The molecule has 0 saturated heterocycles. The molecule has 0 atom stereocenters. The first-order valence-corrected chi connectivity index (χ1v) is 6.19. The summed E-state index contributed by atoms with van der Waals surface area (Å²) in [5, 5.41) is 11.1. The molecule has 0 aliphatic rings. The molecule has 0 spiro atoms. The van der Waals surface area contributed by atoms with E-state index in [9.17, 15) is 14.4 Å². The molecule has 4 N–H and O–H groups in total. The summed E-state index contributed by atoms with van der Waals surface area (Å²) in [4.78, 5) is 33.9. The summed E-state index contributed by atoms with van der Waals surface area (Å²) in [6.45, 7) is -0.679. The van der Waals surface area contributed by atoms with E-state index in [4.69, 9.17) is 15.6 Å². The lowest BCUT2D eigenvalue weighted by Crippen LogP contribution is -2.47. The molecule has 8 heteroatoms. The third-order valence-corrected chi connectivity index (χ3v) is 2.35. The van der Waals surface area contributed by atoms with Crippen molar-refractivity contribution in [3.05, 3.63) is 30.3 Å². The Hall–Kier alpha value is -2.77. The molecular formula is C13H17N3O5. The number of rotatable bonds is 8. The van der Waals surface area contributed by atoms with Gasteiger partial charge in [0.05, 0.1) is 6.54 Å². The monoisotopic (exact) mass is 295 g/mol. The SMILES string of the molecule is NC(=O)CN(CC(=O)O)C(=O)NCCOc1ccccc1. The summed E-state index contributed by atoms with van der Waals surface area (Å²) in [5.41, 5.74) is 4.96. The Morgan fingerprint density at radius 1 is 1.19 bits per heavy atom. The van der Waals surface area contributed by atoms with Crippen molar-refractivity contribution in [3.8, 4) is 5.75 Å². The van der Waals surface area contributed by atoms with Gasteiger partial charge in [-0.1, -0.05) is 18.2 Å². The van der Waals surface area contributed by atoms with Crippen LogP contribution in [-0.2, 0) is 9.59 Å². The zero-order valence-corrected chi connectivity index (χ0v) is 11.3. The first-order valence-electron chi connectivity index (χ1n) is 6.19. The smallest absolute Gasteiger partial charge is 0.323 e. The van der Waals surface area contributed by atoms with Crippen LogP contribution < -0.4 is 15.8 Å². The van der Waals surface area contributed by atoms with Crippen molar-refractivity contribution in [3.63, 3.8) is 0 Å². The zero-order chi connectivity index (χ0) is 15.7. The molecule has 8 nitrogen and oxygen atoms in total. The Kier molecular flexibility index (Phi) is 6.52. The molecule has 0 aromatic heterocycles. The second-order valence-electron chi connectivity index (χ2n) is 4.11. The van der Waals surface area contributed by atoms with Gasteiger partial charge in [-0.2, -0.15) is 0 Å². The number of hydrogen-bond acceptors (Lipinski definition) is 4. The van der Waals surface area contributed by atoms with Crippen LogP contribution in [0.1, 0.15) is 0 Å². The number of primary amides is 1. The summed E-state index contributed by atoms with van der Waals surface area (Å²) < 4.78 is 5.36. The highest BCUT2D eigenvalue weighted by molar-refractivity contribution is 5.85. The van der Waals surface area contributed by atoms with Crippen LogP contribution in [0.15, 0.2) is 30.3 Å². The Morgan fingerprint density at radius 2 is 1.86 bits per heavy atom. The van der Waals surface area contributed by atoms with E-state index in [1.54, 1.807) is 12.1 Å². The van der Waals surface area contributed by atoms with Crippen LogP contribution in [0.4, 0.5) is 4.79 Å². The Labute approximate surface area is 121 Å². The van der Waals surface area contributed by atoms with E-state index in [2.05, 4.69) is 5.32 Å². The molecule has 0 aliphatic heterocycles. The molecule has 21 heavy (non-hydrogen) atoms. The lowest BCUT2D eigenvalue weighted by molar-refractivity contribution is -0.137. The standard InChI is InChI=1S/C13H17N3O5/c14-11(17)8-16(9-12(18)19)13(20)15-6-7-21-10-4-2-1-3-5-10/h1-5H,6-9H2,(H2,14,17)(H,15,20)(H,18,19). The number of carbonyl (C=O) groups is 3. The number of benzene rings is 1. The van der Waals surface area contributed by atoms with E-state index < -0.39 is 31.0 Å². The van der Waals surface area contributed by atoms with Gasteiger partial charge in [0.2, 0.25) is 5.91 Å². The van der Waals surface area contributed by atoms with Crippen LogP contribution in [0.25, 0.3) is 0 Å². The Bertz CT molecular complexity index is 476. The average molecular weight is 295 g/mol. The first kappa shape index (κ1) is 16.3. The molecule has 0 saturated carbocycles. The number of aliphatic carboxylic acids is 1. The highest BCUT2D eigenvalue weighted by atomic mass is 16.5. The minimum Gasteiger partial charge on any atom is -0.492 e. The molecule has 0 heterocycles. The first-order chi connectivity index (χ1) is 9.99. The Morgan fingerprint density at radius 3 is 2.43 bits per heavy atom. The van der Waals surface area contributed by atoms with E-state index in [1.165, 1.54) is 0 Å². The van der Waals surface area contributed by atoms with Gasteiger partial charge in [-0.3, -0.25) is 9.59 Å².